The van der Waals surface area contributed by atoms with E-state index in [4.69, 9.17) is 10.5 Å². The summed E-state index contributed by atoms with van der Waals surface area (Å²) < 4.78 is 4.83. The monoisotopic (exact) mass is 267 g/mol. The maximum absolute atomic E-state index is 11.6. The number of ether oxygens (including phenoxy) is 1. The Hall–Kier alpha value is -0.870. The summed E-state index contributed by atoms with van der Waals surface area (Å²) in [5.74, 6) is -0.102. The van der Waals surface area contributed by atoms with Crippen molar-refractivity contribution in [3.8, 4) is 0 Å². The molecule has 1 heterocycles. The lowest BCUT2D eigenvalue weighted by Crippen LogP contribution is -2.27. The van der Waals surface area contributed by atoms with Crippen molar-refractivity contribution in [3.63, 3.8) is 0 Å². The molecule has 2 N–H and O–H groups in total. The van der Waals surface area contributed by atoms with Gasteiger partial charge in [0.2, 0.25) is 0 Å². The predicted octanol–water partition coefficient (Wildman–Crippen LogP) is 3.26. The van der Waals surface area contributed by atoms with Crippen LogP contribution in [0.2, 0.25) is 0 Å². The first-order valence-electron chi connectivity index (χ1n) is 6.51. The van der Waals surface area contributed by atoms with Crippen molar-refractivity contribution >= 4 is 17.3 Å². The molecule has 0 saturated heterocycles. The maximum Gasteiger partial charge on any atom is 0.306 e. The van der Waals surface area contributed by atoms with Crippen molar-refractivity contribution in [1.29, 1.82) is 0 Å². The SMILES string of the molecule is COC(=O)CC1(CC(N)c2cccs2)CCCC1. The molecule has 3 nitrogen and oxygen atoms in total. The van der Waals surface area contributed by atoms with Crippen LogP contribution in [0, 0.1) is 5.41 Å². The third-order valence-electron chi connectivity index (χ3n) is 3.97. The number of hydrogen-bond acceptors (Lipinski definition) is 4. The maximum atomic E-state index is 11.6. The normalized spacial score (nSPS) is 19.7. The van der Waals surface area contributed by atoms with Crippen LogP contribution in [0.4, 0.5) is 0 Å². The Bertz CT molecular complexity index is 383. The second-order valence-corrected chi connectivity index (χ2v) is 6.27. The molecule has 2 rings (SSSR count). The highest BCUT2D eigenvalue weighted by molar-refractivity contribution is 7.10. The van der Waals surface area contributed by atoms with Crippen LogP contribution >= 0.6 is 11.3 Å². The molecule has 1 saturated carbocycles. The van der Waals surface area contributed by atoms with Crippen molar-refractivity contribution < 1.29 is 9.53 Å². The number of carbonyl (C=O) groups excluding carboxylic acids is 1. The average Bonchev–Trinajstić information content (AvgIpc) is 3.00. The van der Waals surface area contributed by atoms with E-state index in [0.29, 0.717) is 6.42 Å². The summed E-state index contributed by atoms with van der Waals surface area (Å²) in [6.07, 6.45) is 6.01. The molecule has 1 atom stereocenters. The summed E-state index contributed by atoms with van der Waals surface area (Å²) in [6.45, 7) is 0. The molecule has 1 fully saturated rings. The summed E-state index contributed by atoms with van der Waals surface area (Å²) in [4.78, 5) is 12.8. The van der Waals surface area contributed by atoms with E-state index in [1.807, 2.05) is 6.07 Å². The van der Waals surface area contributed by atoms with Gasteiger partial charge in [-0.1, -0.05) is 18.9 Å². The fourth-order valence-electron chi connectivity index (χ4n) is 3.03. The van der Waals surface area contributed by atoms with Gasteiger partial charge in [-0.2, -0.15) is 0 Å². The highest BCUT2D eigenvalue weighted by Gasteiger charge is 2.38. The molecule has 0 radical (unpaired) electrons. The summed E-state index contributed by atoms with van der Waals surface area (Å²) in [6, 6.07) is 4.16. The number of hydrogen-bond donors (Lipinski definition) is 1. The third kappa shape index (κ3) is 3.12. The molecule has 4 heteroatoms. The zero-order chi connectivity index (χ0) is 13.0. The summed E-state index contributed by atoms with van der Waals surface area (Å²) in [7, 11) is 1.46. The predicted molar refractivity (Wildman–Crippen MR) is 73.4 cm³/mol. The lowest BCUT2D eigenvalue weighted by molar-refractivity contribution is -0.143. The van der Waals surface area contributed by atoms with E-state index in [0.717, 1.165) is 19.3 Å². The third-order valence-corrected chi connectivity index (χ3v) is 4.98. The van der Waals surface area contributed by atoms with Gasteiger partial charge in [0, 0.05) is 10.9 Å². The summed E-state index contributed by atoms with van der Waals surface area (Å²) in [5.41, 5.74) is 6.35. The van der Waals surface area contributed by atoms with Crippen molar-refractivity contribution in [3.05, 3.63) is 22.4 Å². The Morgan fingerprint density at radius 1 is 1.56 bits per heavy atom. The van der Waals surface area contributed by atoms with E-state index >= 15 is 0 Å². The van der Waals surface area contributed by atoms with Gasteiger partial charge >= 0.3 is 5.97 Å². The quantitative estimate of drug-likeness (QED) is 0.833. The lowest BCUT2D eigenvalue weighted by Gasteiger charge is -2.30. The van der Waals surface area contributed by atoms with Gasteiger partial charge in [-0.15, -0.1) is 11.3 Å². The Balaban J connectivity index is 2.04. The van der Waals surface area contributed by atoms with E-state index in [1.165, 1.54) is 24.8 Å². The molecule has 1 aromatic heterocycles. The van der Waals surface area contributed by atoms with Gasteiger partial charge in [-0.25, -0.2) is 0 Å². The molecular weight excluding hydrogens is 246 g/mol. The first-order valence-corrected chi connectivity index (χ1v) is 7.39. The number of esters is 1. The molecule has 1 unspecified atom stereocenters. The number of methoxy groups -OCH3 is 1. The minimum atomic E-state index is -0.102. The highest BCUT2D eigenvalue weighted by atomic mass is 32.1. The van der Waals surface area contributed by atoms with Crippen molar-refractivity contribution in [2.24, 2.45) is 11.1 Å². The van der Waals surface area contributed by atoms with Crippen LogP contribution in [-0.2, 0) is 9.53 Å². The van der Waals surface area contributed by atoms with Gasteiger partial charge < -0.3 is 10.5 Å². The van der Waals surface area contributed by atoms with Gasteiger partial charge in [0.05, 0.1) is 13.5 Å². The smallest absolute Gasteiger partial charge is 0.306 e. The molecule has 1 aromatic rings. The largest absolute Gasteiger partial charge is 0.469 e. The van der Waals surface area contributed by atoms with E-state index in [9.17, 15) is 4.79 Å². The molecular formula is C14H21NO2S. The number of carbonyl (C=O) groups is 1. The Kier molecular flexibility index (Phi) is 4.40. The topological polar surface area (TPSA) is 52.3 Å². The van der Waals surface area contributed by atoms with Crippen LogP contribution in [0.25, 0.3) is 0 Å². The van der Waals surface area contributed by atoms with Gasteiger partial charge in [0.25, 0.3) is 0 Å². The average molecular weight is 267 g/mol. The van der Waals surface area contributed by atoms with Crippen LogP contribution in [0.5, 0.6) is 0 Å². The van der Waals surface area contributed by atoms with Crippen molar-refractivity contribution in [1.82, 2.24) is 0 Å². The van der Waals surface area contributed by atoms with Gasteiger partial charge in [-0.05, 0) is 36.1 Å². The second-order valence-electron chi connectivity index (χ2n) is 5.29. The van der Waals surface area contributed by atoms with Crippen molar-refractivity contribution in [2.75, 3.05) is 7.11 Å². The molecule has 1 aliphatic rings. The summed E-state index contributed by atoms with van der Waals surface area (Å²) in [5, 5.41) is 2.05. The van der Waals surface area contributed by atoms with Gasteiger partial charge in [0.1, 0.15) is 0 Å². The van der Waals surface area contributed by atoms with Crippen molar-refractivity contribution in [2.45, 2.75) is 44.6 Å². The molecule has 18 heavy (non-hydrogen) atoms. The Morgan fingerprint density at radius 3 is 2.83 bits per heavy atom. The van der Waals surface area contributed by atoms with Crippen LogP contribution in [0.15, 0.2) is 17.5 Å². The zero-order valence-corrected chi connectivity index (χ0v) is 11.7. The minimum Gasteiger partial charge on any atom is -0.469 e. The van der Waals surface area contributed by atoms with Crippen LogP contribution in [0.3, 0.4) is 0 Å². The lowest BCUT2D eigenvalue weighted by atomic mass is 9.77. The van der Waals surface area contributed by atoms with E-state index in [-0.39, 0.29) is 17.4 Å². The zero-order valence-electron chi connectivity index (χ0n) is 10.9. The first kappa shape index (κ1) is 13.6. The number of thiophene rings is 1. The van der Waals surface area contributed by atoms with Crippen LogP contribution in [0.1, 0.15) is 49.4 Å². The molecule has 0 spiro atoms. The molecule has 0 aliphatic heterocycles. The number of nitrogens with two attached hydrogens (primary N) is 1. The molecule has 100 valence electrons. The van der Waals surface area contributed by atoms with Crippen LogP contribution < -0.4 is 5.73 Å². The van der Waals surface area contributed by atoms with Gasteiger partial charge in [-0.3, -0.25) is 4.79 Å². The minimum absolute atomic E-state index is 0.0488. The molecule has 0 aromatic carbocycles. The van der Waals surface area contributed by atoms with E-state index in [2.05, 4.69) is 11.4 Å². The second kappa shape index (κ2) is 5.85. The summed E-state index contributed by atoms with van der Waals surface area (Å²) >= 11 is 1.70. The standard InChI is InChI=1S/C14H21NO2S/c1-17-13(16)10-14(6-2-3-7-14)9-11(15)12-5-4-8-18-12/h4-5,8,11H,2-3,6-7,9-10,15H2,1H3. The van der Waals surface area contributed by atoms with Crippen LogP contribution in [-0.4, -0.2) is 13.1 Å². The number of rotatable bonds is 5. The van der Waals surface area contributed by atoms with Gasteiger partial charge in [0.15, 0.2) is 0 Å². The Labute approximate surface area is 112 Å². The fourth-order valence-corrected chi connectivity index (χ4v) is 3.76. The fraction of sp³-hybridized carbons (Fsp3) is 0.643. The first-order chi connectivity index (χ1) is 8.65. The van der Waals surface area contributed by atoms with E-state index in [1.54, 1.807) is 11.3 Å². The molecule has 0 bridgehead atoms. The Morgan fingerprint density at radius 2 is 2.28 bits per heavy atom. The molecule has 1 aliphatic carbocycles. The van der Waals surface area contributed by atoms with E-state index < -0.39 is 0 Å². The molecule has 0 amide bonds. The highest BCUT2D eigenvalue weighted by Crippen LogP contribution is 2.47.